The van der Waals surface area contributed by atoms with Crippen molar-refractivity contribution in [2.75, 3.05) is 13.2 Å². The number of Topliss-reactive ketones (excluding diaryl/α,β-unsaturated/α-hetero) is 1. The van der Waals surface area contributed by atoms with Crippen LogP contribution in [-0.4, -0.2) is 35.0 Å². The van der Waals surface area contributed by atoms with Gasteiger partial charge < -0.3 is 14.6 Å². The highest BCUT2D eigenvalue weighted by molar-refractivity contribution is 5.95. The van der Waals surface area contributed by atoms with Crippen LogP contribution in [0.1, 0.15) is 42.4 Å². The summed E-state index contributed by atoms with van der Waals surface area (Å²) in [4.78, 5) is 28.1. The standard InChI is InChI=1S/C22H23N3O4/c1-3-19(26)16-9-11-18(12-10-16)28-14-20(27)23-13-15(2)22-24-21(25-29-22)17-7-5-4-6-8-17/h4-12,15H,3,13-14H2,1-2H3,(H,23,27)/t15-/m0/s1. The first-order valence-corrected chi connectivity index (χ1v) is 9.48. The molecule has 1 N–H and O–H groups in total. The zero-order valence-corrected chi connectivity index (χ0v) is 16.4. The van der Waals surface area contributed by atoms with E-state index in [1.54, 1.807) is 24.3 Å². The van der Waals surface area contributed by atoms with Gasteiger partial charge in [0.25, 0.3) is 5.91 Å². The summed E-state index contributed by atoms with van der Waals surface area (Å²) >= 11 is 0. The Bertz CT molecular complexity index is 952. The highest BCUT2D eigenvalue weighted by atomic mass is 16.5. The normalized spacial score (nSPS) is 11.7. The number of hydrogen-bond acceptors (Lipinski definition) is 6. The van der Waals surface area contributed by atoms with E-state index >= 15 is 0 Å². The Morgan fingerprint density at radius 1 is 1.10 bits per heavy atom. The molecule has 0 fully saturated rings. The molecule has 0 aliphatic heterocycles. The van der Waals surface area contributed by atoms with Crippen molar-refractivity contribution in [2.45, 2.75) is 26.2 Å². The highest BCUT2D eigenvalue weighted by Crippen LogP contribution is 2.19. The van der Waals surface area contributed by atoms with Crippen molar-refractivity contribution in [1.82, 2.24) is 15.5 Å². The predicted molar refractivity (Wildman–Crippen MR) is 108 cm³/mol. The van der Waals surface area contributed by atoms with Crippen LogP contribution in [0.15, 0.2) is 59.1 Å². The topological polar surface area (TPSA) is 94.3 Å². The molecule has 0 spiro atoms. The monoisotopic (exact) mass is 393 g/mol. The maximum Gasteiger partial charge on any atom is 0.257 e. The number of hydrogen-bond donors (Lipinski definition) is 1. The summed E-state index contributed by atoms with van der Waals surface area (Å²) in [5, 5.41) is 6.78. The fourth-order valence-electron chi connectivity index (χ4n) is 2.64. The summed E-state index contributed by atoms with van der Waals surface area (Å²) in [7, 11) is 0. The van der Waals surface area contributed by atoms with Crippen LogP contribution in [0.3, 0.4) is 0 Å². The third-order valence-electron chi connectivity index (χ3n) is 4.37. The van der Waals surface area contributed by atoms with Crippen molar-refractivity contribution in [2.24, 2.45) is 0 Å². The molecule has 3 rings (SSSR count). The molecular weight excluding hydrogens is 370 g/mol. The Labute approximate surface area is 169 Å². The molecule has 150 valence electrons. The zero-order chi connectivity index (χ0) is 20.6. The van der Waals surface area contributed by atoms with Crippen LogP contribution in [0.5, 0.6) is 5.75 Å². The second kappa shape index (κ2) is 9.64. The predicted octanol–water partition coefficient (Wildman–Crippen LogP) is 3.63. The largest absolute Gasteiger partial charge is 0.484 e. The Kier molecular flexibility index (Phi) is 6.73. The number of aromatic nitrogens is 2. The molecular formula is C22H23N3O4. The van der Waals surface area contributed by atoms with Crippen LogP contribution in [0.2, 0.25) is 0 Å². The molecule has 0 saturated carbocycles. The van der Waals surface area contributed by atoms with E-state index in [9.17, 15) is 9.59 Å². The van der Waals surface area contributed by atoms with E-state index in [0.717, 1.165) is 5.56 Å². The van der Waals surface area contributed by atoms with Gasteiger partial charge in [-0.15, -0.1) is 0 Å². The number of benzene rings is 2. The summed E-state index contributed by atoms with van der Waals surface area (Å²) < 4.78 is 10.8. The van der Waals surface area contributed by atoms with Crippen molar-refractivity contribution >= 4 is 11.7 Å². The van der Waals surface area contributed by atoms with Crippen molar-refractivity contribution < 1.29 is 18.8 Å². The SMILES string of the molecule is CCC(=O)c1ccc(OCC(=O)NC[C@H](C)c2nc(-c3ccccc3)no2)cc1. The average Bonchev–Trinajstić information content (AvgIpc) is 3.27. The fourth-order valence-corrected chi connectivity index (χ4v) is 2.64. The lowest BCUT2D eigenvalue weighted by Crippen LogP contribution is -2.31. The molecule has 29 heavy (non-hydrogen) atoms. The van der Waals surface area contributed by atoms with Crippen LogP contribution >= 0.6 is 0 Å². The molecule has 0 radical (unpaired) electrons. The molecule has 0 aliphatic rings. The lowest BCUT2D eigenvalue weighted by Gasteiger charge is -2.10. The second-order valence-corrected chi connectivity index (χ2v) is 6.62. The van der Waals surface area contributed by atoms with Crippen LogP contribution in [0.25, 0.3) is 11.4 Å². The number of nitrogens with zero attached hydrogens (tertiary/aromatic N) is 2. The number of amides is 1. The minimum absolute atomic E-state index is 0.0692. The van der Waals surface area contributed by atoms with E-state index in [1.807, 2.05) is 44.2 Å². The first kappa shape index (κ1) is 20.3. The lowest BCUT2D eigenvalue weighted by molar-refractivity contribution is -0.123. The number of carbonyl (C=O) groups excluding carboxylic acids is 2. The van der Waals surface area contributed by atoms with Gasteiger partial charge in [-0.25, -0.2) is 0 Å². The summed E-state index contributed by atoms with van der Waals surface area (Å²) in [6.07, 6.45) is 0.452. The van der Waals surface area contributed by atoms with Gasteiger partial charge in [0.15, 0.2) is 12.4 Å². The molecule has 1 atom stereocenters. The van der Waals surface area contributed by atoms with Crippen molar-refractivity contribution in [1.29, 1.82) is 0 Å². The first-order valence-electron chi connectivity index (χ1n) is 9.48. The number of ether oxygens (including phenoxy) is 1. The molecule has 0 unspecified atom stereocenters. The van der Waals surface area contributed by atoms with E-state index in [1.165, 1.54) is 0 Å². The van der Waals surface area contributed by atoms with Gasteiger partial charge in [-0.1, -0.05) is 49.3 Å². The van der Waals surface area contributed by atoms with E-state index in [4.69, 9.17) is 9.26 Å². The zero-order valence-electron chi connectivity index (χ0n) is 16.4. The first-order chi connectivity index (χ1) is 14.1. The third kappa shape index (κ3) is 5.51. The molecule has 0 aliphatic carbocycles. The van der Waals surface area contributed by atoms with Crippen LogP contribution in [0.4, 0.5) is 0 Å². The maximum absolute atomic E-state index is 12.0. The number of nitrogens with one attached hydrogen (secondary N) is 1. The van der Waals surface area contributed by atoms with Gasteiger partial charge in [-0.2, -0.15) is 4.98 Å². The summed E-state index contributed by atoms with van der Waals surface area (Å²) in [5.41, 5.74) is 1.51. The van der Waals surface area contributed by atoms with Crippen LogP contribution in [-0.2, 0) is 4.79 Å². The molecule has 7 heteroatoms. The third-order valence-corrected chi connectivity index (χ3v) is 4.37. The van der Waals surface area contributed by atoms with Crippen molar-refractivity contribution in [3.8, 4) is 17.1 Å². The molecule has 1 heterocycles. The van der Waals surface area contributed by atoms with Gasteiger partial charge >= 0.3 is 0 Å². The number of rotatable bonds is 9. The fraction of sp³-hybridized carbons (Fsp3) is 0.273. The quantitative estimate of drug-likeness (QED) is 0.558. The molecule has 0 bridgehead atoms. The lowest BCUT2D eigenvalue weighted by atomic mass is 10.1. The number of ketones is 1. The number of carbonyl (C=O) groups is 2. The Balaban J connectivity index is 1.45. The maximum atomic E-state index is 12.0. The summed E-state index contributed by atoms with van der Waals surface area (Å²) in [5.74, 6) is 1.19. The molecule has 0 saturated heterocycles. The Hall–Kier alpha value is -3.48. The molecule has 1 aromatic heterocycles. The van der Waals surface area contributed by atoms with Gasteiger partial charge in [0.1, 0.15) is 5.75 Å². The Morgan fingerprint density at radius 2 is 1.83 bits per heavy atom. The minimum Gasteiger partial charge on any atom is -0.484 e. The van der Waals surface area contributed by atoms with Crippen LogP contribution < -0.4 is 10.1 Å². The molecule has 2 aromatic carbocycles. The van der Waals surface area contributed by atoms with Crippen molar-refractivity contribution in [3.63, 3.8) is 0 Å². The minimum atomic E-state index is -0.256. The van der Waals surface area contributed by atoms with E-state index in [-0.39, 0.29) is 24.2 Å². The van der Waals surface area contributed by atoms with Crippen molar-refractivity contribution in [3.05, 3.63) is 66.1 Å². The second-order valence-electron chi connectivity index (χ2n) is 6.62. The van der Waals surface area contributed by atoms with Gasteiger partial charge in [0, 0.05) is 24.1 Å². The van der Waals surface area contributed by atoms with E-state index in [2.05, 4.69) is 15.5 Å². The van der Waals surface area contributed by atoms with E-state index < -0.39 is 0 Å². The van der Waals surface area contributed by atoms with Gasteiger partial charge in [-0.3, -0.25) is 9.59 Å². The summed E-state index contributed by atoms with van der Waals surface area (Å²) in [6.45, 7) is 3.94. The highest BCUT2D eigenvalue weighted by Gasteiger charge is 2.16. The van der Waals surface area contributed by atoms with Gasteiger partial charge in [0.2, 0.25) is 11.7 Å². The van der Waals surface area contributed by atoms with Gasteiger partial charge in [-0.05, 0) is 24.3 Å². The molecule has 7 nitrogen and oxygen atoms in total. The summed E-state index contributed by atoms with van der Waals surface area (Å²) in [6, 6.07) is 16.3. The molecule has 1 amide bonds. The van der Waals surface area contributed by atoms with E-state index in [0.29, 0.717) is 36.0 Å². The van der Waals surface area contributed by atoms with Gasteiger partial charge in [0.05, 0.1) is 5.92 Å². The van der Waals surface area contributed by atoms with Crippen LogP contribution in [0, 0.1) is 0 Å². The smallest absolute Gasteiger partial charge is 0.257 e. The molecule has 3 aromatic rings. The Morgan fingerprint density at radius 3 is 2.52 bits per heavy atom. The average molecular weight is 393 g/mol.